The Kier molecular flexibility index (Phi) is 4.01. The normalized spacial score (nSPS) is 24.9. The third kappa shape index (κ3) is 2.07. The molecule has 5 nitrogen and oxygen atoms in total. The number of aliphatic hydroxyl groups is 1. The van der Waals surface area contributed by atoms with E-state index in [1.807, 2.05) is 6.07 Å². The Morgan fingerprint density at radius 1 is 1.25 bits per heavy atom. The lowest BCUT2D eigenvalue weighted by Gasteiger charge is -2.39. The Bertz CT molecular complexity index is 525. The van der Waals surface area contributed by atoms with Crippen LogP contribution in [0.3, 0.4) is 0 Å². The fourth-order valence-corrected chi connectivity index (χ4v) is 2.90. The highest BCUT2D eigenvalue weighted by Gasteiger charge is 2.48. The molecule has 20 heavy (non-hydrogen) atoms. The summed E-state index contributed by atoms with van der Waals surface area (Å²) >= 11 is 0. The first kappa shape index (κ1) is 14.8. The van der Waals surface area contributed by atoms with Gasteiger partial charge in [0.2, 0.25) is 0 Å². The summed E-state index contributed by atoms with van der Waals surface area (Å²) in [5, 5.41) is 10.7. The van der Waals surface area contributed by atoms with Crippen LogP contribution in [-0.4, -0.2) is 37.8 Å². The molecule has 110 valence electrons. The van der Waals surface area contributed by atoms with Gasteiger partial charge in [-0.1, -0.05) is 0 Å². The standard InChI is InChI=1S/C15H20O5/c1-9(16)15(17)8-7-10-11(18-2)5-6-12(19-3)13(10)14(15)20-4/h5-6,14,17H,7-8H2,1-4H3/t14-,15+/m1/s1. The van der Waals surface area contributed by atoms with Gasteiger partial charge in [-0.15, -0.1) is 0 Å². The van der Waals surface area contributed by atoms with E-state index < -0.39 is 11.7 Å². The van der Waals surface area contributed by atoms with E-state index in [1.54, 1.807) is 20.3 Å². The molecule has 0 unspecified atom stereocenters. The smallest absolute Gasteiger partial charge is 0.164 e. The van der Waals surface area contributed by atoms with Crippen LogP contribution in [0.4, 0.5) is 0 Å². The van der Waals surface area contributed by atoms with Crippen LogP contribution in [0.5, 0.6) is 11.5 Å². The Balaban J connectivity index is 2.66. The second-order valence-electron chi connectivity index (χ2n) is 4.96. The molecule has 1 aromatic rings. The number of rotatable bonds is 4. The number of hydrogen-bond donors (Lipinski definition) is 1. The largest absolute Gasteiger partial charge is 0.496 e. The third-order valence-electron chi connectivity index (χ3n) is 4.01. The zero-order chi connectivity index (χ0) is 14.9. The highest BCUT2D eigenvalue weighted by Crippen LogP contribution is 2.47. The quantitative estimate of drug-likeness (QED) is 0.908. The van der Waals surface area contributed by atoms with Crippen molar-refractivity contribution in [3.8, 4) is 11.5 Å². The topological polar surface area (TPSA) is 65.0 Å². The van der Waals surface area contributed by atoms with Crippen LogP contribution in [0.2, 0.25) is 0 Å². The van der Waals surface area contributed by atoms with E-state index in [9.17, 15) is 9.90 Å². The first-order chi connectivity index (χ1) is 9.49. The minimum Gasteiger partial charge on any atom is -0.496 e. The Hall–Kier alpha value is -1.59. The zero-order valence-corrected chi connectivity index (χ0v) is 12.2. The van der Waals surface area contributed by atoms with Crippen molar-refractivity contribution in [1.82, 2.24) is 0 Å². The Labute approximate surface area is 118 Å². The summed E-state index contributed by atoms with van der Waals surface area (Å²) in [6.45, 7) is 1.38. The number of ketones is 1. The summed E-state index contributed by atoms with van der Waals surface area (Å²) in [6, 6.07) is 3.58. The second-order valence-corrected chi connectivity index (χ2v) is 4.96. The van der Waals surface area contributed by atoms with Gasteiger partial charge in [-0.05, 0) is 31.9 Å². The molecule has 0 heterocycles. The Morgan fingerprint density at radius 3 is 2.35 bits per heavy atom. The predicted octanol–water partition coefficient (Wildman–Crippen LogP) is 1.66. The molecule has 0 saturated heterocycles. The van der Waals surface area contributed by atoms with E-state index in [2.05, 4.69) is 0 Å². The van der Waals surface area contributed by atoms with E-state index in [0.29, 0.717) is 29.9 Å². The van der Waals surface area contributed by atoms with Crippen molar-refractivity contribution >= 4 is 5.78 Å². The maximum Gasteiger partial charge on any atom is 0.164 e. The highest BCUT2D eigenvalue weighted by atomic mass is 16.5. The van der Waals surface area contributed by atoms with Gasteiger partial charge >= 0.3 is 0 Å². The summed E-state index contributed by atoms with van der Waals surface area (Å²) in [6.07, 6.45) is 0.0806. The van der Waals surface area contributed by atoms with Gasteiger partial charge in [0, 0.05) is 18.2 Å². The SMILES string of the molecule is COc1ccc(OC)c2c1CC[C@](O)(C(C)=O)[C@@H]2OC. The molecule has 0 bridgehead atoms. The van der Waals surface area contributed by atoms with Crippen LogP contribution in [0.15, 0.2) is 12.1 Å². The molecule has 2 atom stereocenters. The van der Waals surface area contributed by atoms with Crippen LogP contribution in [0.1, 0.15) is 30.6 Å². The summed E-state index contributed by atoms with van der Waals surface area (Å²) in [5.74, 6) is 1.00. The molecule has 1 aliphatic rings. The van der Waals surface area contributed by atoms with E-state index >= 15 is 0 Å². The fraction of sp³-hybridized carbons (Fsp3) is 0.533. The molecule has 0 aromatic heterocycles. The molecule has 0 radical (unpaired) electrons. The van der Waals surface area contributed by atoms with Crippen LogP contribution in [0.25, 0.3) is 0 Å². The van der Waals surface area contributed by atoms with Gasteiger partial charge in [0.15, 0.2) is 11.4 Å². The lowest BCUT2D eigenvalue weighted by atomic mass is 9.75. The molecule has 5 heteroatoms. The molecular formula is C15H20O5. The number of carbonyl (C=O) groups is 1. The number of carbonyl (C=O) groups excluding carboxylic acids is 1. The van der Waals surface area contributed by atoms with Crippen molar-refractivity contribution in [3.05, 3.63) is 23.3 Å². The van der Waals surface area contributed by atoms with Gasteiger partial charge < -0.3 is 19.3 Å². The monoisotopic (exact) mass is 280 g/mol. The van der Waals surface area contributed by atoms with E-state index in [4.69, 9.17) is 14.2 Å². The van der Waals surface area contributed by atoms with Crippen molar-refractivity contribution in [3.63, 3.8) is 0 Å². The van der Waals surface area contributed by atoms with Crippen molar-refractivity contribution in [2.24, 2.45) is 0 Å². The maximum absolute atomic E-state index is 11.9. The number of methoxy groups -OCH3 is 3. The number of hydrogen-bond acceptors (Lipinski definition) is 5. The molecule has 1 aromatic carbocycles. The first-order valence-corrected chi connectivity index (χ1v) is 6.49. The number of benzene rings is 1. The molecule has 1 N–H and O–H groups in total. The summed E-state index contributed by atoms with van der Waals surface area (Å²) in [7, 11) is 4.62. The summed E-state index contributed by atoms with van der Waals surface area (Å²) < 4.78 is 16.1. The lowest BCUT2D eigenvalue weighted by molar-refractivity contribution is -0.156. The number of fused-ring (bicyclic) bond motifs is 1. The van der Waals surface area contributed by atoms with Crippen molar-refractivity contribution in [2.75, 3.05) is 21.3 Å². The number of ether oxygens (including phenoxy) is 3. The van der Waals surface area contributed by atoms with Crippen LogP contribution >= 0.6 is 0 Å². The average molecular weight is 280 g/mol. The molecular weight excluding hydrogens is 260 g/mol. The molecule has 2 rings (SSSR count). The van der Waals surface area contributed by atoms with Crippen molar-refractivity contribution in [2.45, 2.75) is 31.5 Å². The van der Waals surface area contributed by atoms with Gasteiger partial charge in [0.1, 0.15) is 17.6 Å². The summed E-state index contributed by atoms with van der Waals surface area (Å²) in [4.78, 5) is 11.9. The first-order valence-electron chi connectivity index (χ1n) is 6.49. The van der Waals surface area contributed by atoms with Gasteiger partial charge in [-0.25, -0.2) is 0 Å². The van der Waals surface area contributed by atoms with E-state index in [1.165, 1.54) is 14.0 Å². The number of Topliss-reactive ketones (excluding diaryl/α,β-unsaturated/α-hetero) is 1. The van der Waals surface area contributed by atoms with Crippen LogP contribution in [0, 0.1) is 0 Å². The van der Waals surface area contributed by atoms with Crippen LogP contribution < -0.4 is 9.47 Å². The Morgan fingerprint density at radius 2 is 1.85 bits per heavy atom. The van der Waals surface area contributed by atoms with Gasteiger partial charge in [-0.3, -0.25) is 4.79 Å². The maximum atomic E-state index is 11.9. The third-order valence-corrected chi connectivity index (χ3v) is 4.01. The molecule has 0 spiro atoms. The van der Waals surface area contributed by atoms with Gasteiger partial charge in [-0.2, -0.15) is 0 Å². The molecule has 0 saturated carbocycles. The minimum absolute atomic E-state index is 0.303. The summed E-state index contributed by atoms with van der Waals surface area (Å²) in [5.41, 5.74) is 0.0874. The van der Waals surface area contributed by atoms with Gasteiger partial charge in [0.25, 0.3) is 0 Å². The highest BCUT2D eigenvalue weighted by molar-refractivity contribution is 5.86. The predicted molar refractivity (Wildman–Crippen MR) is 73.2 cm³/mol. The van der Waals surface area contributed by atoms with E-state index in [-0.39, 0.29) is 5.78 Å². The molecule has 0 aliphatic heterocycles. The molecule has 0 fully saturated rings. The second kappa shape index (κ2) is 5.42. The molecule has 0 amide bonds. The van der Waals surface area contributed by atoms with Crippen LogP contribution in [-0.2, 0) is 16.0 Å². The van der Waals surface area contributed by atoms with Crippen molar-refractivity contribution < 1.29 is 24.1 Å². The molecule has 1 aliphatic carbocycles. The minimum atomic E-state index is -1.53. The van der Waals surface area contributed by atoms with E-state index in [0.717, 1.165) is 5.56 Å². The fourth-order valence-electron chi connectivity index (χ4n) is 2.90. The van der Waals surface area contributed by atoms with Gasteiger partial charge in [0.05, 0.1) is 14.2 Å². The van der Waals surface area contributed by atoms with Crippen molar-refractivity contribution in [1.29, 1.82) is 0 Å². The lowest BCUT2D eigenvalue weighted by Crippen LogP contribution is -2.47. The average Bonchev–Trinajstić information content (AvgIpc) is 2.45. The zero-order valence-electron chi connectivity index (χ0n) is 12.2.